The lowest BCUT2D eigenvalue weighted by Gasteiger charge is -2.14. The molecule has 0 fully saturated rings. The maximum atomic E-state index is 10.6. The van der Waals surface area contributed by atoms with E-state index in [-0.39, 0.29) is 0 Å². The Balaban J connectivity index is 3.61. The van der Waals surface area contributed by atoms with Crippen LogP contribution in [-0.2, 0) is 10.0 Å². The van der Waals surface area contributed by atoms with Crippen LogP contribution in [0.1, 0.15) is 0 Å². The Kier molecular flexibility index (Phi) is 3.73. The molecular formula is C6H17NO2SSi. The molecule has 0 saturated heterocycles. The molecule has 0 aliphatic rings. The first kappa shape index (κ1) is 11.1. The van der Waals surface area contributed by atoms with Crippen LogP contribution in [0.4, 0.5) is 0 Å². The third-order valence-corrected chi connectivity index (χ3v) is 3.72. The third kappa shape index (κ3) is 10.1. The minimum atomic E-state index is -2.97. The van der Waals surface area contributed by atoms with Crippen LogP contribution >= 0.6 is 0 Å². The van der Waals surface area contributed by atoms with Gasteiger partial charge in [-0.05, 0) is 6.04 Å². The van der Waals surface area contributed by atoms with Gasteiger partial charge in [-0.15, -0.1) is 0 Å². The van der Waals surface area contributed by atoms with Crippen molar-refractivity contribution in [2.45, 2.75) is 25.7 Å². The molecule has 0 aromatic rings. The normalized spacial score (nSPS) is 13.5. The van der Waals surface area contributed by atoms with E-state index in [4.69, 9.17) is 0 Å². The van der Waals surface area contributed by atoms with Crippen LogP contribution in [0.2, 0.25) is 25.7 Å². The predicted octanol–water partition coefficient (Wildman–Crippen LogP) is 0.874. The molecule has 0 rings (SSSR count). The van der Waals surface area contributed by atoms with E-state index in [0.29, 0.717) is 6.54 Å². The molecule has 0 bridgehead atoms. The zero-order valence-electron chi connectivity index (χ0n) is 7.64. The van der Waals surface area contributed by atoms with Crippen molar-refractivity contribution < 1.29 is 8.42 Å². The summed E-state index contributed by atoms with van der Waals surface area (Å²) in [6.07, 6.45) is 1.19. The first-order chi connectivity index (χ1) is 4.71. The molecule has 0 aromatic heterocycles. The van der Waals surface area contributed by atoms with E-state index in [2.05, 4.69) is 24.4 Å². The highest BCUT2D eigenvalue weighted by atomic mass is 32.2. The van der Waals surface area contributed by atoms with Gasteiger partial charge in [-0.25, -0.2) is 13.1 Å². The molecule has 1 N–H and O–H groups in total. The summed E-state index contributed by atoms with van der Waals surface area (Å²) >= 11 is 0. The van der Waals surface area contributed by atoms with E-state index in [1.54, 1.807) is 0 Å². The second kappa shape index (κ2) is 3.69. The molecule has 0 saturated carbocycles. The first-order valence-electron chi connectivity index (χ1n) is 3.65. The van der Waals surface area contributed by atoms with Gasteiger partial charge in [-0.3, -0.25) is 0 Å². The molecule has 0 atom stereocenters. The first-order valence-corrected chi connectivity index (χ1v) is 9.25. The highest BCUT2D eigenvalue weighted by Crippen LogP contribution is 2.05. The highest BCUT2D eigenvalue weighted by Gasteiger charge is 2.12. The van der Waals surface area contributed by atoms with Gasteiger partial charge in [-0.1, -0.05) is 19.6 Å². The summed E-state index contributed by atoms with van der Waals surface area (Å²) in [4.78, 5) is 0. The molecule has 0 amide bonds. The summed E-state index contributed by atoms with van der Waals surface area (Å²) in [5.74, 6) is 0. The second-order valence-electron chi connectivity index (χ2n) is 3.98. The van der Waals surface area contributed by atoms with Gasteiger partial charge in [0, 0.05) is 14.6 Å². The topological polar surface area (TPSA) is 46.2 Å². The molecule has 0 radical (unpaired) electrons. The fraction of sp³-hybridized carbons (Fsp3) is 1.00. The monoisotopic (exact) mass is 195 g/mol. The van der Waals surface area contributed by atoms with E-state index in [9.17, 15) is 8.42 Å². The molecule has 0 aromatic carbocycles. The highest BCUT2D eigenvalue weighted by molar-refractivity contribution is 7.88. The number of rotatable bonds is 4. The molecule has 0 aliphatic heterocycles. The Labute approximate surface area is 70.3 Å². The molecule has 68 valence electrons. The largest absolute Gasteiger partial charge is 0.216 e. The molecule has 0 aliphatic carbocycles. The lowest BCUT2D eigenvalue weighted by Crippen LogP contribution is -2.30. The van der Waals surface area contributed by atoms with Gasteiger partial charge in [0.15, 0.2) is 0 Å². The number of nitrogens with one attached hydrogen (secondary N) is 1. The quantitative estimate of drug-likeness (QED) is 0.677. The second-order valence-corrected chi connectivity index (χ2v) is 11.4. The molecule has 5 heteroatoms. The maximum Gasteiger partial charge on any atom is 0.208 e. The van der Waals surface area contributed by atoms with Crippen LogP contribution in [-0.4, -0.2) is 29.3 Å². The van der Waals surface area contributed by atoms with Crippen molar-refractivity contribution in [2.24, 2.45) is 0 Å². The van der Waals surface area contributed by atoms with Crippen LogP contribution in [0.5, 0.6) is 0 Å². The summed E-state index contributed by atoms with van der Waals surface area (Å²) in [7, 11) is -4.06. The standard InChI is InChI=1S/C6H17NO2SSi/c1-10(8,9)7-5-6-11(2,3)4/h7H,5-6H2,1-4H3. The van der Waals surface area contributed by atoms with Crippen LogP contribution in [0.25, 0.3) is 0 Å². The van der Waals surface area contributed by atoms with Crippen molar-refractivity contribution in [3.8, 4) is 0 Å². The summed E-state index contributed by atoms with van der Waals surface area (Å²) < 4.78 is 23.7. The smallest absolute Gasteiger partial charge is 0.208 e. The number of hydrogen-bond acceptors (Lipinski definition) is 2. The zero-order chi connectivity index (χ0) is 9.12. The Bertz CT molecular complexity index is 205. The van der Waals surface area contributed by atoms with Crippen LogP contribution in [0.3, 0.4) is 0 Å². The summed E-state index contributed by atoms with van der Waals surface area (Å²) in [5.41, 5.74) is 0. The lowest BCUT2D eigenvalue weighted by molar-refractivity contribution is 0.590. The van der Waals surface area contributed by atoms with Crippen molar-refractivity contribution >= 4 is 18.1 Å². The fourth-order valence-corrected chi connectivity index (χ4v) is 2.14. The van der Waals surface area contributed by atoms with Gasteiger partial charge in [0.05, 0.1) is 6.26 Å². The van der Waals surface area contributed by atoms with Gasteiger partial charge in [-0.2, -0.15) is 0 Å². The lowest BCUT2D eigenvalue weighted by atomic mass is 10.8. The SMILES string of the molecule is C[Si](C)(C)CCNS(C)(=O)=O. The van der Waals surface area contributed by atoms with Gasteiger partial charge in [0.2, 0.25) is 10.0 Å². The Morgan fingerprint density at radius 3 is 2.00 bits per heavy atom. The average Bonchev–Trinajstić information content (AvgIpc) is 1.55. The van der Waals surface area contributed by atoms with E-state index in [1.807, 2.05) is 0 Å². The summed E-state index contributed by atoms with van der Waals surface area (Å²) in [6.45, 7) is 7.25. The van der Waals surface area contributed by atoms with Crippen LogP contribution < -0.4 is 4.72 Å². The zero-order valence-corrected chi connectivity index (χ0v) is 9.46. The number of hydrogen-bond donors (Lipinski definition) is 1. The van der Waals surface area contributed by atoms with Gasteiger partial charge in [0.25, 0.3) is 0 Å². The Morgan fingerprint density at radius 1 is 1.27 bits per heavy atom. The van der Waals surface area contributed by atoms with Gasteiger partial charge < -0.3 is 0 Å². The summed E-state index contributed by atoms with van der Waals surface area (Å²) in [6, 6.07) is 1.00. The minimum absolute atomic E-state index is 0.592. The average molecular weight is 195 g/mol. The molecule has 0 unspecified atom stereocenters. The van der Waals surface area contributed by atoms with Gasteiger partial charge in [0.1, 0.15) is 0 Å². The number of sulfonamides is 1. The molecular weight excluding hydrogens is 178 g/mol. The van der Waals surface area contributed by atoms with E-state index < -0.39 is 18.1 Å². The predicted molar refractivity (Wildman–Crippen MR) is 51.0 cm³/mol. The fourth-order valence-electron chi connectivity index (χ4n) is 0.611. The van der Waals surface area contributed by atoms with Crippen molar-refractivity contribution in [3.63, 3.8) is 0 Å². The Hall–Kier alpha value is 0.127. The summed E-state index contributed by atoms with van der Waals surface area (Å²) in [5, 5.41) is 0. The molecule has 0 spiro atoms. The van der Waals surface area contributed by atoms with E-state index in [0.717, 1.165) is 6.04 Å². The maximum absolute atomic E-state index is 10.6. The van der Waals surface area contributed by atoms with Crippen molar-refractivity contribution in [3.05, 3.63) is 0 Å². The van der Waals surface area contributed by atoms with Crippen LogP contribution in [0, 0.1) is 0 Å². The van der Waals surface area contributed by atoms with Crippen LogP contribution in [0.15, 0.2) is 0 Å². The molecule has 0 heterocycles. The van der Waals surface area contributed by atoms with Crippen molar-refractivity contribution in [1.82, 2.24) is 4.72 Å². The van der Waals surface area contributed by atoms with E-state index >= 15 is 0 Å². The third-order valence-electron chi connectivity index (χ3n) is 1.24. The van der Waals surface area contributed by atoms with E-state index in [1.165, 1.54) is 6.26 Å². The minimum Gasteiger partial charge on any atom is -0.216 e. The van der Waals surface area contributed by atoms with Crippen molar-refractivity contribution in [2.75, 3.05) is 12.8 Å². The molecule has 11 heavy (non-hydrogen) atoms. The molecule has 3 nitrogen and oxygen atoms in total. The van der Waals surface area contributed by atoms with Crippen molar-refractivity contribution in [1.29, 1.82) is 0 Å². The Morgan fingerprint density at radius 2 is 1.73 bits per heavy atom. The van der Waals surface area contributed by atoms with Gasteiger partial charge >= 0.3 is 0 Å².